The largest absolute Gasteiger partial charge is 0.314 e. The van der Waals surface area contributed by atoms with Crippen LogP contribution >= 0.6 is 7.14 Å². The number of pyridine rings is 1. The smallest absolute Gasteiger partial charge is 0.172 e. The van der Waals surface area contributed by atoms with E-state index in [1.165, 1.54) is 6.07 Å². The van der Waals surface area contributed by atoms with E-state index >= 15 is 4.39 Å². The second kappa shape index (κ2) is 6.93. The van der Waals surface area contributed by atoms with Crippen molar-refractivity contribution < 1.29 is 13.3 Å². The average Bonchev–Trinajstić information content (AvgIpc) is 3.24. The highest BCUT2D eigenvalue weighted by Crippen LogP contribution is 2.46. The number of rotatable bonds is 3. The zero-order valence-electron chi connectivity index (χ0n) is 16.2. The highest BCUT2D eigenvalue weighted by molar-refractivity contribution is 7.85. The number of fused-ring (bicyclic) bond motifs is 3. The molecular formula is C25H18F2NOP. The third-order valence-electron chi connectivity index (χ3n) is 5.57. The summed E-state index contributed by atoms with van der Waals surface area (Å²) in [5.41, 5.74) is 1.72. The highest BCUT2D eigenvalue weighted by Gasteiger charge is 2.34. The van der Waals surface area contributed by atoms with Crippen LogP contribution in [0.4, 0.5) is 8.78 Å². The summed E-state index contributed by atoms with van der Waals surface area (Å²) in [4.78, 5) is 0. The van der Waals surface area contributed by atoms with Gasteiger partial charge in [0.2, 0.25) is 0 Å². The molecule has 3 aromatic carbocycles. The molecule has 0 atom stereocenters. The first-order chi connectivity index (χ1) is 14.5. The molecule has 0 saturated carbocycles. The van der Waals surface area contributed by atoms with E-state index in [-0.39, 0.29) is 5.52 Å². The van der Waals surface area contributed by atoms with Gasteiger partial charge in [-0.3, -0.25) is 0 Å². The van der Waals surface area contributed by atoms with Gasteiger partial charge in [-0.05, 0) is 30.7 Å². The van der Waals surface area contributed by atoms with E-state index in [1.54, 1.807) is 10.6 Å². The van der Waals surface area contributed by atoms with Crippen molar-refractivity contribution in [3.05, 3.63) is 108 Å². The average molecular weight is 417 g/mol. The van der Waals surface area contributed by atoms with Gasteiger partial charge in [0.1, 0.15) is 5.82 Å². The normalized spacial score (nSPS) is 12.0. The first-order valence-corrected chi connectivity index (χ1v) is 11.3. The number of benzene rings is 3. The number of hydrogen-bond acceptors (Lipinski definition) is 1. The summed E-state index contributed by atoms with van der Waals surface area (Å²) in [7, 11) is -3.43. The number of hydrogen-bond donors (Lipinski definition) is 0. The van der Waals surface area contributed by atoms with Crippen LogP contribution < -0.4 is 15.9 Å². The van der Waals surface area contributed by atoms with E-state index in [1.807, 2.05) is 79.7 Å². The van der Waals surface area contributed by atoms with Gasteiger partial charge in [-0.25, -0.2) is 8.78 Å². The summed E-state index contributed by atoms with van der Waals surface area (Å²) in [6.45, 7) is 1.87. The van der Waals surface area contributed by atoms with Crippen molar-refractivity contribution in [2.75, 3.05) is 0 Å². The summed E-state index contributed by atoms with van der Waals surface area (Å²) in [6.07, 6.45) is 1.74. The van der Waals surface area contributed by atoms with Crippen molar-refractivity contribution in [2.45, 2.75) is 6.92 Å². The van der Waals surface area contributed by atoms with Crippen LogP contribution in [0, 0.1) is 18.6 Å². The Morgan fingerprint density at radius 1 is 0.800 bits per heavy atom. The lowest BCUT2D eigenvalue weighted by molar-refractivity contribution is 0.589. The standard InChI is InChI=1S/C25H18F2NOP/c1-17-23-13-8-14-28(23)24-21(15-18(26)16-22(24)27)25(17)30(29,19-9-4-2-5-10-19)20-11-6-3-7-12-20/h2-16H,1H3. The Bertz CT molecular complexity index is 1400. The zero-order valence-corrected chi connectivity index (χ0v) is 17.1. The lowest BCUT2D eigenvalue weighted by Gasteiger charge is -2.25. The molecule has 148 valence electrons. The molecule has 0 fully saturated rings. The van der Waals surface area contributed by atoms with Crippen LogP contribution in [-0.4, -0.2) is 4.40 Å². The van der Waals surface area contributed by atoms with Gasteiger partial charge < -0.3 is 8.97 Å². The number of aromatic nitrogens is 1. The third kappa shape index (κ3) is 2.64. The van der Waals surface area contributed by atoms with Crippen LogP contribution in [0.3, 0.4) is 0 Å². The number of halogens is 2. The molecule has 0 saturated heterocycles. The fourth-order valence-corrected chi connectivity index (χ4v) is 7.38. The van der Waals surface area contributed by atoms with Crippen molar-refractivity contribution in [3.63, 3.8) is 0 Å². The van der Waals surface area contributed by atoms with E-state index in [2.05, 4.69) is 0 Å². The van der Waals surface area contributed by atoms with E-state index < -0.39 is 18.8 Å². The molecule has 5 heteroatoms. The summed E-state index contributed by atoms with van der Waals surface area (Å²) < 4.78 is 46.1. The maximum atomic E-state index is 15.0. The van der Waals surface area contributed by atoms with E-state index in [4.69, 9.17) is 0 Å². The van der Waals surface area contributed by atoms with Crippen LogP contribution in [0.2, 0.25) is 0 Å². The van der Waals surface area contributed by atoms with E-state index in [9.17, 15) is 8.96 Å². The Hall–Kier alpha value is -3.23. The predicted octanol–water partition coefficient (Wildman–Crippen LogP) is 5.32. The minimum Gasteiger partial charge on any atom is -0.314 e. The first-order valence-electron chi connectivity index (χ1n) is 9.62. The maximum absolute atomic E-state index is 15.0. The van der Waals surface area contributed by atoms with Gasteiger partial charge in [0.05, 0.1) is 5.52 Å². The molecule has 0 radical (unpaired) electrons. The summed E-state index contributed by atoms with van der Waals surface area (Å²) >= 11 is 0. The minimum atomic E-state index is -3.43. The molecule has 0 N–H and O–H groups in total. The molecule has 0 amide bonds. The monoisotopic (exact) mass is 417 g/mol. The van der Waals surface area contributed by atoms with Crippen molar-refractivity contribution >= 4 is 39.5 Å². The van der Waals surface area contributed by atoms with Crippen molar-refractivity contribution in [3.8, 4) is 0 Å². The third-order valence-corrected chi connectivity index (χ3v) is 8.82. The fourth-order valence-electron chi connectivity index (χ4n) is 4.29. The predicted molar refractivity (Wildman–Crippen MR) is 119 cm³/mol. The summed E-state index contributed by atoms with van der Waals surface area (Å²) in [6, 6.07) is 24.2. The fraction of sp³-hybridized carbons (Fsp3) is 0.0400. The molecule has 2 aromatic heterocycles. The second-order valence-corrected chi connectivity index (χ2v) is 10.00. The molecule has 0 unspecified atom stereocenters. The van der Waals surface area contributed by atoms with Gasteiger partial charge in [-0.1, -0.05) is 60.7 Å². The first kappa shape index (κ1) is 18.8. The number of nitrogens with zero attached hydrogens (tertiary/aromatic N) is 1. The summed E-state index contributed by atoms with van der Waals surface area (Å²) in [5, 5.41) is 2.05. The Balaban J connectivity index is 2.04. The van der Waals surface area contributed by atoms with Gasteiger partial charge in [0.25, 0.3) is 0 Å². The molecule has 0 aliphatic heterocycles. The quantitative estimate of drug-likeness (QED) is 0.364. The zero-order chi connectivity index (χ0) is 20.9. The van der Waals surface area contributed by atoms with Gasteiger partial charge in [-0.15, -0.1) is 0 Å². The van der Waals surface area contributed by atoms with Crippen LogP contribution in [-0.2, 0) is 4.57 Å². The lowest BCUT2D eigenvalue weighted by atomic mass is 10.1. The van der Waals surface area contributed by atoms with Crippen molar-refractivity contribution in [1.29, 1.82) is 0 Å². The second-order valence-electron chi connectivity index (χ2n) is 7.30. The Labute approximate surface area is 172 Å². The highest BCUT2D eigenvalue weighted by atomic mass is 31.2. The molecule has 0 aliphatic rings. The van der Waals surface area contributed by atoms with E-state index in [0.717, 1.165) is 17.1 Å². The molecule has 0 bridgehead atoms. The Morgan fingerprint density at radius 3 is 2.00 bits per heavy atom. The molecule has 0 spiro atoms. The van der Waals surface area contributed by atoms with Gasteiger partial charge in [0, 0.05) is 39.1 Å². The van der Waals surface area contributed by atoms with Crippen LogP contribution in [0.1, 0.15) is 5.56 Å². The van der Waals surface area contributed by atoms with Crippen LogP contribution in [0.5, 0.6) is 0 Å². The molecule has 2 nitrogen and oxygen atoms in total. The van der Waals surface area contributed by atoms with Gasteiger partial charge in [-0.2, -0.15) is 0 Å². The van der Waals surface area contributed by atoms with Crippen LogP contribution in [0.15, 0.2) is 91.1 Å². The SMILES string of the molecule is Cc1c(P(=O)(c2ccccc2)c2ccccc2)c2cc(F)cc(F)c2n2cccc12. The molecule has 5 rings (SSSR count). The molecule has 0 aliphatic carbocycles. The Kier molecular flexibility index (Phi) is 4.34. The molecule has 5 aromatic rings. The van der Waals surface area contributed by atoms with Crippen molar-refractivity contribution in [1.82, 2.24) is 4.40 Å². The lowest BCUT2D eigenvalue weighted by Crippen LogP contribution is -2.28. The topological polar surface area (TPSA) is 21.5 Å². The minimum absolute atomic E-state index is 0.226. The van der Waals surface area contributed by atoms with E-state index in [0.29, 0.717) is 21.3 Å². The number of aryl methyl sites for hydroxylation is 1. The maximum Gasteiger partial charge on any atom is 0.172 e. The Morgan fingerprint density at radius 2 is 1.40 bits per heavy atom. The summed E-state index contributed by atoms with van der Waals surface area (Å²) in [5.74, 6) is -1.38. The molecule has 30 heavy (non-hydrogen) atoms. The van der Waals surface area contributed by atoms with Crippen LogP contribution in [0.25, 0.3) is 16.4 Å². The van der Waals surface area contributed by atoms with Crippen molar-refractivity contribution in [2.24, 2.45) is 0 Å². The van der Waals surface area contributed by atoms with Gasteiger partial charge in [0.15, 0.2) is 13.0 Å². The molecule has 2 heterocycles. The van der Waals surface area contributed by atoms with Gasteiger partial charge >= 0.3 is 0 Å². The molecular weight excluding hydrogens is 399 g/mol.